The number of thiazole rings is 1. The second-order valence-electron chi connectivity index (χ2n) is 5.47. The molecule has 0 bridgehead atoms. The third kappa shape index (κ3) is 3.81. The van der Waals surface area contributed by atoms with E-state index in [1.54, 1.807) is 22.4 Å². The number of carbonyl (C=O) groups is 1. The maximum atomic E-state index is 13.5. The Morgan fingerprint density at radius 3 is 2.54 bits per heavy atom. The Morgan fingerprint density at radius 1 is 1.21 bits per heavy atom. The van der Waals surface area contributed by atoms with Gasteiger partial charge < -0.3 is 15.1 Å². The minimum atomic E-state index is -0.582. The molecule has 0 saturated carbocycles. The molecule has 1 aliphatic heterocycles. The maximum Gasteiger partial charge on any atom is 0.317 e. The van der Waals surface area contributed by atoms with Crippen molar-refractivity contribution in [2.45, 2.75) is 6.42 Å². The molecule has 8 heteroatoms. The van der Waals surface area contributed by atoms with Gasteiger partial charge in [-0.25, -0.2) is 18.6 Å². The summed E-state index contributed by atoms with van der Waals surface area (Å²) in [7, 11) is 0. The molecule has 5 nitrogen and oxygen atoms in total. The molecule has 0 aliphatic carbocycles. The maximum absolute atomic E-state index is 13.5. The Kier molecular flexibility index (Phi) is 5.24. The summed E-state index contributed by atoms with van der Waals surface area (Å²) in [5, 5.41) is 5.62. The van der Waals surface area contributed by atoms with Crippen LogP contribution in [-0.4, -0.2) is 48.6 Å². The molecule has 2 heterocycles. The number of piperazine rings is 1. The van der Waals surface area contributed by atoms with E-state index in [4.69, 9.17) is 0 Å². The summed E-state index contributed by atoms with van der Waals surface area (Å²) in [5.41, 5.74) is 0.00592. The molecule has 3 rings (SSSR count). The quantitative estimate of drug-likeness (QED) is 0.920. The highest BCUT2D eigenvalue weighted by Gasteiger charge is 2.22. The number of hydrogen-bond donors (Lipinski definition) is 1. The molecule has 0 unspecified atom stereocenters. The summed E-state index contributed by atoms with van der Waals surface area (Å²) in [5.74, 6) is -1.16. The van der Waals surface area contributed by atoms with Gasteiger partial charge in [-0.2, -0.15) is 0 Å². The Morgan fingerprint density at radius 2 is 1.92 bits per heavy atom. The molecule has 24 heavy (non-hydrogen) atoms. The van der Waals surface area contributed by atoms with Gasteiger partial charge in [-0.15, -0.1) is 11.3 Å². The zero-order valence-electron chi connectivity index (χ0n) is 13.0. The van der Waals surface area contributed by atoms with Crippen molar-refractivity contribution in [2.24, 2.45) is 0 Å². The first kappa shape index (κ1) is 16.6. The molecular formula is C16H18F2N4OS. The number of rotatable bonds is 4. The van der Waals surface area contributed by atoms with Crippen LogP contribution in [0.3, 0.4) is 0 Å². The van der Waals surface area contributed by atoms with Gasteiger partial charge in [0, 0.05) is 49.9 Å². The third-order valence-corrected chi connectivity index (χ3v) is 4.80. The third-order valence-electron chi connectivity index (χ3n) is 3.97. The fourth-order valence-electron chi connectivity index (χ4n) is 2.65. The smallest absolute Gasteiger partial charge is 0.317 e. The molecule has 2 aromatic rings. The largest absolute Gasteiger partial charge is 0.345 e. The van der Waals surface area contributed by atoms with Crippen LogP contribution >= 0.6 is 11.3 Å². The lowest BCUT2D eigenvalue weighted by Gasteiger charge is -2.34. The topological polar surface area (TPSA) is 48.5 Å². The van der Waals surface area contributed by atoms with Crippen molar-refractivity contribution < 1.29 is 13.6 Å². The molecule has 0 atom stereocenters. The van der Waals surface area contributed by atoms with E-state index in [1.807, 2.05) is 5.38 Å². The van der Waals surface area contributed by atoms with Gasteiger partial charge in [-0.1, -0.05) is 6.07 Å². The number of nitrogens with one attached hydrogen (secondary N) is 1. The van der Waals surface area contributed by atoms with Gasteiger partial charge in [0.25, 0.3) is 0 Å². The van der Waals surface area contributed by atoms with Gasteiger partial charge in [0.1, 0.15) is 11.6 Å². The molecule has 1 N–H and O–H groups in total. The molecule has 1 aromatic heterocycles. The second kappa shape index (κ2) is 7.57. The summed E-state index contributed by atoms with van der Waals surface area (Å²) in [6, 6.07) is 3.57. The van der Waals surface area contributed by atoms with Crippen LogP contribution in [0.2, 0.25) is 0 Å². The summed E-state index contributed by atoms with van der Waals surface area (Å²) in [6.45, 7) is 2.84. The Labute approximate surface area is 142 Å². The van der Waals surface area contributed by atoms with Crippen LogP contribution in [0.4, 0.5) is 18.7 Å². The number of hydrogen-bond acceptors (Lipinski definition) is 4. The van der Waals surface area contributed by atoms with E-state index in [2.05, 4.69) is 15.2 Å². The number of benzene rings is 1. The van der Waals surface area contributed by atoms with Crippen LogP contribution in [0.25, 0.3) is 0 Å². The Balaban J connectivity index is 1.45. The standard InChI is InChI=1S/C16H18F2N4OS/c17-13-2-1-3-14(18)12(13)4-5-19-15(23)21-7-9-22(10-8-21)16-20-6-11-24-16/h1-3,6,11H,4-5,7-10H2,(H,19,23). The fraction of sp³-hybridized carbons (Fsp3) is 0.375. The number of anilines is 1. The average Bonchev–Trinajstić information content (AvgIpc) is 3.12. The van der Waals surface area contributed by atoms with Crippen molar-refractivity contribution in [3.8, 4) is 0 Å². The molecule has 0 spiro atoms. The molecule has 0 radical (unpaired) electrons. The van der Waals surface area contributed by atoms with Crippen molar-refractivity contribution in [2.75, 3.05) is 37.6 Å². The summed E-state index contributed by atoms with van der Waals surface area (Å²) in [6.07, 6.45) is 1.89. The Hall–Kier alpha value is -2.22. The Bertz CT molecular complexity index is 667. The van der Waals surface area contributed by atoms with E-state index < -0.39 is 11.6 Å². The minimum Gasteiger partial charge on any atom is -0.345 e. The van der Waals surface area contributed by atoms with Crippen LogP contribution in [0.15, 0.2) is 29.8 Å². The van der Waals surface area contributed by atoms with Crippen LogP contribution in [-0.2, 0) is 6.42 Å². The van der Waals surface area contributed by atoms with Gasteiger partial charge in [-0.05, 0) is 18.6 Å². The second-order valence-corrected chi connectivity index (χ2v) is 6.34. The summed E-state index contributed by atoms with van der Waals surface area (Å²) in [4.78, 5) is 20.3. The average molecular weight is 352 g/mol. The van der Waals surface area contributed by atoms with Gasteiger partial charge in [-0.3, -0.25) is 0 Å². The lowest BCUT2D eigenvalue weighted by Crippen LogP contribution is -2.52. The van der Waals surface area contributed by atoms with Gasteiger partial charge in [0.2, 0.25) is 0 Å². The van der Waals surface area contributed by atoms with E-state index in [0.717, 1.165) is 18.2 Å². The number of urea groups is 1. The molecular weight excluding hydrogens is 334 g/mol. The molecule has 1 saturated heterocycles. The minimum absolute atomic E-state index is 0.00592. The fourth-order valence-corrected chi connectivity index (χ4v) is 3.35. The summed E-state index contributed by atoms with van der Waals surface area (Å²) >= 11 is 1.58. The lowest BCUT2D eigenvalue weighted by molar-refractivity contribution is 0.194. The highest BCUT2D eigenvalue weighted by molar-refractivity contribution is 7.13. The zero-order valence-corrected chi connectivity index (χ0v) is 13.9. The van der Waals surface area contributed by atoms with Gasteiger partial charge in [0.05, 0.1) is 0 Å². The van der Waals surface area contributed by atoms with E-state index >= 15 is 0 Å². The van der Waals surface area contributed by atoms with Crippen LogP contribution < -0.4 is 10.2 Å². The number of amides is 2. The summed E-state index contributed by atoms with van der Waals surface area (Å²) < 4.78 is 27.1. The predicted molar refractivity (Wildman–Crippen MR) is 89.4 cm³/mol. The van der Waals surface area contributed by atoms with E-state index in [1.165, 1.54) is 18.2 Å². The van der Waals surface area contributed by atoms with Crippen LogP contribution in [0.5, 0.6) is 0 Å². The zero-order chi connectivity index (χ0) is 16.9. The molecule has 1 fully saturated rings. The van der Waals surface area contributed by atoms with Crippen molar-refractivity contribution in [1.82, 2.24) is 15.2 Å². The number of aromatic nitrogens is 1. The number of nitrogens with zero attached hydrogens (tertiary/aromatic N) is 3. The van der Waals surface area contributed by atoms with Gasteiger partial charge in [0.15, 0.2) is 5.13 Å². The molecule has 1 aromatic carbocycles. The van der Waals surface area contributed by atoms with Crippen LogP contribution in [0, 0.1) is 11.6 Å². The van der Waals surface area contributed by atoms with Gasteiger partial charge >= 0.3 is 6.03 Å². The number of halogens is 2. The molecule has 2 amide bonds. The molecule has 128 valence electrons. The number of carbonyl (C=O) groups excluding carboxylic acids is 1. The van der Waals surface area contributed by atoms with Crippen molar-refractivity contribution >= 4 is 22.5 Å². The highest BCUT2D eigenvalue weighted by atomic mass is 32.1. The highest BCUT2D eigenvalue weighted by Crippen LogP contribution is 2.18. The first-order valence-corrected chi connectivity index (χ1v) is 8.63. The van der Waals surface area contributed by atoms with E-state index in [0.29, 0.717) is 13.1 Å². The monoisotopic (exact) mass is 352 g/mol. The predicted octanol–water partition coefficient (Wildman–Crippen LogP) is 2.50. The molecule has 1 aliphatic rings. The van der Waals surface area contributed by atoms with E-state index in [-0.39, 0.29) is 24.6 Å². The van der Waals surface area contributed by atoms with E-state index in [9.17, 15) is 13.6 Å². The van der Waals surface area contributed by atoms with Crippen LogP contribution in [0.1, 0.15) is 5.56 Å². The van der Waals surface area contributed by atoms with Crippen molar-refractivity contribution in [3.63, 3.8) is 0 Å². The SMILES string of the molecule is O=C(NCCc1c(F)cccc1F)N1CCN(c2nccs2)CC1. The van der Waals surface area contributed by atoms with Crippen molar-refractivity contribution in [3.05, 3.63) is 47.0 Å². The first-order valence-electron chi connectivity index (χ1n) is 7.75. The van der Waals surface area contributed by atoms with Crippen molar-refractivity contribution in [1.29, 1.82) is 0 Å². The lowest BCUT2D eigenvalue weighted by atomic mass is 10.1. The first-order chi connectivity index (χ1) is 11.6. The normalized spacial score (nSPS) is 14.8.